The third-order valence-electron chi connectivity index (χ3n) is 4.31. The third-order valence-corrected chi connectivity index (χ3v) is 5.80. The lowest BCUT2D eigenvalue weighted by atomic mass is 10.2. The summed E-state index contributed by atoms with van der Waals surface area (Å²) in [5.74, 6) is -0.712. The van der Waals surface area contributed by atoms with Crippen molar-refractivity contribution in [3.05, 3.63) is 92.7 Å². The Bertz CT molecular complexity index is 1210. The molecule has 9 heteroatoms. The summed E-state index contributed by atoms with van der Waals surface area (Å²) in [4.78, 5) is 38.6. The Labute approximate surface area is 191 Å². The maximum Gasteiger partial charge on any atom is 0.379 e. The fraction of sp³-hybridized carbons (Fsp3) is 0.0455. The van der Waals surface area contributed by atoms with Crippen molar-refractivity contribution in [2.75, 3.05) is 0 Å². The number of benzene rings is 2. The van der Waals surface area contributed by atoms with Gasteiger partial charge >= 0.3 is 5.97 Å². The minimum atomic E-state index is -0.637. The largest absolute Gasteiger partial charge is 0.457 e. The summed E-state index contributed by atoms with van der Waals surface area (Å²) >= 11 is 12.9. The van der Waals surface area contributed by atoms with Crippen molar-refractivity contribution in [3.63, 3.8) is 0 Å². The first-order chi connectivity index (χ1) is 14.9. The maximum atomic E-state index is 12.8. The van der Waals surface area contributed by atoms with Crippen molar-refractivity contribution in [3.8, 4) is 5.75 Å². The summed E-state index contributed by atoms with van der Waals surface area (Å²) in [5.41, 5.74) is 1.21. The van der Waals surface area contributed by atoms with E-state index < -0.39 is 17.1 Å². The van der Waals surface area contributed by atoms with Crippen molar-refractivity contribution in [1.82, 2.24) is 4.90 Å². The number of rotatable bonds is 5. The minimum Gasteiger partial charge on any atom is -0.457 e. The van der Waals surface area contributed by atoms with Gasteiger partial charge in [-0.25, -0.2) is 4.79 Å². The second kappa shape index (κ2) is 9.01. The number of halogens is 2. The average molecular weight is 474 g/mol. The van der Waals surface area contributed by atoms with Crippen LogP contribution >= 0.6 is 35.0 Å². The smallest absolute Gasteiger partial charge is 0.379 e. The summed E-state index contributed by atoms with van der Waals surface area (Å²) in [6.07, 6.45) is 2.94. The molecule has 0 spiro atoms. The molecule has 3 aromatic rings. The van der Waals surface area contributed by atoms with Gasteiger partial charge in [-0.15, -0.1) is 0 Å². The van der Waals surface area contributed by atoms with Crippen LogP contribution in [0.4, 0.5) is 4.79 Å². The SMILES string of the molecule is O=C(Oc1cccc(/C=C2\SC(=O)N(Cc3ccc(Cl)cc3Cl)C2=O)c1)c1ccco1. The number of ether oxygens (including phenoxy) is 1. The van der Waals surface area contributed by atoms with Gasteiger partial charge in [-0.1, -0.05) is 41.4 Å². The quantitative estimate of drug-likeness (QED) is 0.255. The summed E-state index contributed by atoms with van der Waals surface area (Å²) < 4.78 is 10.3. The fourth-order valence-electron chi connectivity index (χ4n) is 2.83. The molecule has 1 fully saturated rings. The molecule has 1 aliphatic heterocycles. The van der Waals surface area contributed by atoms with Crippen LogP contribution in [0.3, 0.4) is 0 Å². The number of furan rings is 1. The molecular weight excluding hydrogens is 461 g/mol. The van der Waals surface area contributed by atoms with Crippen molar-refractivity contribution < 1.29 is 23.5 Å². The molecule has 1 aliphatic rings. The molecule has 156 valence electrons. The average Bonchev–Trinajstić information content (AvgIpc) is 3.35. The Hall–Kier alpha value is -3.00. The summed E-state index contributed by atoms with van der Waals surface area (Å²) in [6.45, 7) is 0.0405. The zero-order valence-corrected chi connectivity index (χ0v) is 18.0. The van der Waals surface area contributed by atoms with Gasteiger partial charge in [0.05, 0.1) is 17.7 Å². The number of carbonyl (C=O) groups is 3. The first-order valence-corrected chi connectivity index (χ1v) is 10.5. The molecule has 0 aliphatic carbocycles. The number of nitrogens with zero attached hydrogens (tertiary/aromatic N) is 1. The number of imide groups is 1. The van der Waals surface area contributed by atoms with Crippen LogP contribution in [-0.2, 0) is 11.3 Å². The van der Waals surface area contributed by atoms with Crippen LogP contribution in [0.1, 0.15) is 21.7 Å². The lowest BCUT2D eigenvalue weighted by Crippen LogP contribution is -2.27. The normalized spacial score (nSPS) is 15.0. The molecule has 0 atom stereocenters. The summed E-state index contributed by atoms with van der Waals surface area (Å²) in [7, 11) is 0. The Morgan fingerprint density at radius 1 is 1.10 bits per heavy atom. The van der Waals surface area contributed by atoms with Crippen LogP contribution in [0.2, 0.25) is 10.0 Å². The standard InChI is InChI=1S/C22H13Cl2NO5S/c23-15-7-6-14(17(24)11-15)12-25-20(26)19(31-22(25)28)10-13-3-1-4-16(9-13)30-21(27)18-5-2-8-29-18/h1-11H,12H2/b19-10-. The van der Waals surface area contributed by atoms with E-state index in [0.29, 0.717) is 21.2 Å². The van der Waals surface area contributed by atoms with Gasteiger partial charge in [0, 0.05) is 10.0 Å². The van der Waals surface area contributed by atoms with E-state index in [2.05, 4.69) is 0 Å². The zero-order valence-electron chi connectivity index (χ0n) is 15.7. The van der Waals surface area contributed by atoms with Gasteiger partial charge in [0.25, 0.3) is 11.1 Å². The van der Waals surface area contributed by atoms with Crippen molar-refractivity contribution >= 4 is 58.2 Å². The van der Waals surface area contributed by atoms with E-state index >= 15 is 0 Å². The van der Waals surface area contributed by atoms with E-state index in [1.54, 1.807) is 54.6 Å². The minimum absolute atomic E-state index is 0.0405. The molecule has 6 nitrogen and oxygen atoms in total. The molecule has 0 bridgehead atoms. The van der Waals surface area contributed by atoms with E-state index in [1.165, 1.54) is 12.3 Å². The van der Waals surface area contributed by atoms with E-state index in [-0.39, 0.29) is 23.0 Å². The van der Waals surface area contributed by atoms with Crippen LogP contribution in [0, 0.1) is 0 Å². The highest BCUT2D eigenvalue weighted by molar-refractivity contribution is 8.18. The van der Waals surface area contributed by atoms with Gasteiger partial charge < -0.3 is 9.15 Å². The highest BCUT2D eigenvalue weighted by atomic mass is 35.5. The molecule has 1 aromatic heterocycles. The number of amides is 2. The number of thioether (sulfide) groups is 1. The number of hydrogen-bond donors (Lipinski definition) is 0. The van der Waals surface area contributed by atoms with Gasteiger partial charge in [-0.05, 0) is 65.4 Å². The van der Waals surface area contributed by atoms with E-state index in [4.69, 9.17) is 32.4 Å². The highest BCUT2D eigenvalue weighted by Crippen LogP contribution is 2.35. The lowest BCUT2D eigenvalue weighted by Gasteiger charge is -2.13. The van der Waals surface area contributed by atoms with Crippen molar-refractivity contribution in [2.24, 2.45) is 0 Å². The molecule has 0 unspecified atom stereocenters. The monoisotopic (exact) mass is 473 g/mol. The molecule has 2 aromatic carbocycles. The molecule has 0 saturated carbocycles. The van der Waals surface area contributed by atoms with Gasteiger partial charge in [0.15, 0.2) is 0 Å². The first-order valence-electron chi connectivity index (χ1n) is 8.96. The van der Waals surface area contributed by atoms with Crippen LogP contribution in [0.15, 0.2) is 70.2 Å². The molecule has 0 N–H and O–H groups in total. The molecule has 1 saturated heterocycles. The van der Waals surface area contributed by atoms with Crippen LogP contribution in [0.5, 0.6) is 5.75 Å². The fourth-order valence-corrected chi connectivity index (χ4v) is 4.13. The maximum absolute atomic E-state index is 12.8. The second-order valence-electron chi connectivity index (χ2n) is 6.44. The summed E-state index contributed by atoms with van der Waals surface area (Å²) in [6, 6.07) is 14.6. The molecule has 2 amide bonds. The number of esters is 1. The molecule has 31 heavy (non-hydrogen) atoms. The molecular formula is C22H13Cl2NO5S. The van der Waals surface area contributed by atoms with E-state index in [1.807, 2.05) is 0 Å². The second-order valence-corrected chi connectivity index (χ2v) is 8.28. The first kappa shape index (κ1) is 21.2. The molecule has 2 heterocycles. The Balaban J connectivity index is 1.50. The Morgan fingerprint density at radius 3 is 2.68 bits per heavy atom. The zero-order chi connectivity index (χ0) is 22.0. The number of carbonyl (C=O) groups excluding carboxylic acids is 3. The van der Waals surface area contributed by atoms with E-state index in [0.717, 1.165) is 16.7 Å². The number of hydrogen-bond acceptors (Lipinski definition) is 6. The Morgan fingerprint density at radius 2 is 1.94 bits per heavy atom. The van der Waals surface area contributed by atoms with Gasteiger partial charge in [0.1, 0.15) is 5.75 Å². The van der Waals surface area contributed by atoms with Crippen molar-refractivity contribution in [1.29, 1.82) is 0 Å². The predicted octanol–water partition coefficient (Wildman–Crippen LogP) is 6.04. The van der Waals surface area contributed by atoms with Crippen LogP contribution < -0.4 is 4.74 Å². The highest BCUT2D eigenvalue weighted by Gasteiger charge is 2.35. The molecule has 4 rings (SSSR count). The lowest BCUT2D eigenvalue weighted by molar-refractivity contribution is -0.123. The molecule has 0 radical (unpaired) electrons. The van der Waals surface area contributed by atoms with Gasteiger partial charge in [-0.3, -0.25) is 14.5 Å². The topological polar surface area (TPSA) is 76.8 Å². The predicted molar refractivity (Wildman–Crippen MR) is 118 cm³/mol. The van der Waals surface area contributed by atoms with E-state index in [9.17, 15) is 14.4 Å². The van der Waals surface area contributed by atoms with Gasteiger partial charge in [0.2, 0.25) is 5.76 Å². The summed E-state index contributed by atoms with van der Waals surface area (Å²) in [5, 5.41) is 0.444. The van der Waals surface area contributed by atoms with Crippen LogP contribution in [0.25, 0.3) is 6.08 Å². The van der Waals surface area contributed by atoms with Gasteiger partial charge in [-0.2, -0.15) is 0 Å². The third kappa shape index (κ3) is 4.85. The Kier molecular flexibility index (Phi) is 6.18. The van der Waals surface area contributed by atoms with Crippen molar-refractivity contribution in [2.45, 2.75) is 6.54 Å². The van der Waals surface area contributed by atoms with Crippen LogP contribution in [-0.4, -0.2) is 22.0 Å².